The first-order chi connectivity index (χ1) is 15.1. The van der Waals surface area contributed by atoms with Gasteiger partial charge in [-0.2, -0.15) is 5.10 Å². The summed E-state index contributed by atoms with van der Waals surface area (Å²) in [5.74, 6) is 0.307. The van der Waals surface area contributed by atoms with Crippen molar-refractivity contribution in [2.75, 3.05) is 46.4 Å². The maximum absolute atomic E-state index is 14.6. The molecule has 2 aromatic rings. The van der Waals surface area contributed by atoms with Crippen LogP contribution < -0.4 is 4.74 Å². The van der Waals surface area contributed by atoms with E-state index in [9.17, 15) is 9.18 Å². The molecule has 0 N–H and O–H groups in total. The molecule has 1 fully saturated rings. The summed E-state index contributed by atoms with van der Waals surface area (Å²) in [7, 11) is 1.62. The molecular formula is C24H29FN4O2. The van der Waals surface area contributed by atoms with E-state index in [1.54, 1.807) is 25.3 Å². The highest BCUT2D eigenvalue weighted by molar-refractivity contribution is 6.03. The Bertz CT molecular complexity index is 956. The van der Waals surface area contributed by atoms with E-state index in [1.807, 2.05) is 24.3 Å². The van der Waals surface area contributed by atoms with Crippen molar-refractivity contribution in [1.82, 2.24) is 14.8 Å². The highest BCUT2D eigenvalue weighted by Crippen LogP contribution is 2.34. The van der Waals surface area contributed by atoms with E-state index in [-0.39, 0.29) is 18.3 Å². The predicted molar refractivity (Wildman–Crippen MR) is 119 cm³/mol. The zero-order valence-corrected chi connectivity index (χ0v) is 18.1. The molecule has 0 aliphatic carbocycles. The van der Waals surface area contributed by atoms with Gasteiger partial charge in [0.2, 0.25) is 0 Å². The molecule has 2 heterocycles. The van der Waals surface area contributed by atoms with Crippen LogP contribution in [0.2, 0.25) is 0 Å². The largest absolute Gasteiger partial charge is 0.497 e. The monoisotopic (exact) mass is 424 g/mol. The van der Waals surface area contributed by atoms with Gasteiger partial charge in [0.05, 0.1) is 25.4 Å². The van der Waals surface area contributed by atoms with Gasteiger partial charge in [-0.3, -0.25) is 9.69 Å². The van der Waals surface area contributed by atoms with Crippen molar-refractivity contribution in [2.24, 2.45) is 5.10 Å². The van der Waals surface area contributed by atoms with Crippen molar-refractivity contribution in [3.05, 3.63) is 65.5 Å². The fourth-order valence-corrected chi connectivity index (χ4v) is 4.23. The minimum Gasteiger partial charge on any atom is -0.497 e. The molecule has 31 heavy (non-hydrogen) atoms. The van der Waals surface area contributed by atoms with Gasteiger partial charge in [-0.15, -0.1) is 0 Å². The lowest BCUT2D eigenvalue weighted by Crippen LogP contribution is -2.49. The number of carbonyl (C=O) groups is 1. The zero-order chi connectivity index (χ0) is 21.8. The number of halogens is 1. The number of hydrazone groups is 1. The highest BCUT2D eigenvalue weighted by atomic mass is 19.1. The molecule has 1 atom stereocenters. The lowest BCUT2D eigenvalue weighted by Gasteiger charge is -2.34. The van der Waals surface area contributed by atoms with Crippen LogP contribution in [-0.4, -0.2) is 72.8 Å². The Morgan fingerprint density at radius 1 is 1.10 bits per heavy atom. The van der Waals surface area contributed by atoms with Crippen molar-refractivity contribution in [3.63, 3.8) is 0 Å². The van der Waals surface area contributed by atoms with E-state index in [0.29, 0.717) is 12.0 Å². The minimum absolute atomic E-state index is 0.101. The maximum atomic E-state index is 14.6. The predicted octanol–water partition coefficient (Wildman–Crippen LogP) is 3.15. The van der Waals surface area contributed by atoms with Crippen molar-refractivity contribution in [3.8, 4) is 5.75 Å². The van der Waals surface area contributed by atoms with Crippen LogP contribution in [0.25, 0.3) is 0 Å². The Labute approximate surface area is 182 Å². The lowest BCUT2D eigenvalue weighted by atomic mass is 9.98. The molecule has 0 spiro atoms. The van der Waals surface area contributed by atoms with Gasteiger partial charge in [-0.25, -0.2) is 9.40 Å². The molecule has 164 valence electrons. The van der Waals surface area contributed by atoms with Gasteiger partial charge in [0, 0.05) is 43.7 Å². The minimum atomic E-state index is -0.452. The van der Waals surface area contributed by atoms with E-state index in [1.165, 1.54) is 11.1 Å². The van der Waals surface area contributed by atoms with E-state index in [0.717, 1.165) is 49.7 Å². The molecule has 1 amide bonds. The Balaban J connectivity index is 1.58. The van der Waals surface area contributed by atoms with Crippen LogP contribution in [0.3, 0.4) is 0 Å². The van der Waals surface area contributed by atoms with Gasteiger partial charge >= 0.3 is 0 Å². The van der Waals surface area contributed by atoms with Crippen LogP contribution in [0.1, 0.15) is 30.5 Å². The normalized spacial score (nSPS) is 20.0. The third-order valence-electron chi connectivity index (χ3n) is 6.10. The van der Waals surface area contributed by atoms with E-state index >= 15 is 0 Å². The second-order valence-electron chi connectivity index (χ2n) is 7.97. The smallest absolute Gasteiger partial charge is 0.257 e. The molecule has 1 saturated heterocycles. The second-order valence-corrected chi connectivity index (χ2v) is 7.97. The van der Waals surface area contributed by atoms with Crippen LogP contribution in [-0.2, 0) is 4.79 Å². The molecule has 0 aromatic heterocycles. The molecule has 0 radical (unpaired) electrons. The zero-order valence-electron chi connectivity index (χ0n) is 18.1. The van der Waals surface area contributed by atoms with Crippen LogP contribution in [0.4, 0.5) is 4.39 Å². The van der Waals surface area contributed by atoms with Crippen molar-refractivity contribution in [2.45, 2.75) is 19.4 Å². The Kier molecular flexibility index (Phi) is 6.63. The fourth-order valence-electron chi connectivity index (χ4n) is 4.23. The number of hydrogen-bond acceptors (Lipinski definition) is 5. The molecule has 0 unspecified atom stereocenters. The van der Waals surface area contributed by atoms with E-state index in [2.05, 4.69) is 21.8 Å². The first-order valence-corrected chi connectivity index (χ1v) is 10.8. The summed E-state index contributed by atoms with van der Waals surface area (Å²) in [5, 5.41) is 6.16. The molecule has 0 bridgehead atoms. The first kappa shape index (κ1) is 21.5. The van der Waals surface area contributed by atoms with Crippen LogP contribution in [0, 0.1) is 5.82 Å². The third-order valence-corrected chi connectivity index (χ3v) is 6.10. The molecule has 4 rings (SSSR count). The van der Waals surface area contributed by atoms with E-state index in [4.69, 9.17) is 4.74 Å². The number of rotatable bonds is 6. The number of amides is 1. The number of methoxy groups -OCH3 is 1. The van der Waals surface area contributed by atoms with Crippen molar-refractivity contribution in [1.29, 1.82) is 0 Å². The molecular weight excluding hydrogens is 395 g/mol. The standard InChI is InChI=1S/C24H29FN4O2/c1-3-27-11-13-28(14-12-27)17-24(30)29-23(20-9-4-5-10-21(20)25)16-22(26-29)18-7-6-8-19(15-18)31-2/h4-10,15,23H,3,11-14,16-17H2,1-2H3/t23-/m1/s1. The number of ether oxygens (including phenoxy) is 1. The Morgan fingerprint density at radius 3 is 2.55 bits per heavy atom. The summed E-state index contributed by atoms with van der Waals surface area (Å²) < 4.78 is 20.0. The van der Waals surface area contributed by atoms with Gasteiger partial charge in [0.15, 0.2) is 0 Å². The highest BCUT2D eigenvalue weighted by Gasteiger charge is 2.35. The van der Waals surface area contributed by atoms with Gasteiger partial charge in [0.1, 0.15) is 11.6 Å². The first-order valence-electron chi connectivity index (χ1n) is 10.8. The molecule has 6 nitrogen and oxygen atoms in total. The van der Waals surface area contributed by atoms with Crippen molar-refractivity contribution < 1.29 is 13.9 Å². The topological polar surface area (TPSA) is 48.4 Å². The molecule has 7 heteroatoms. The summed E-state index contributed by atoms with van der Waals surface area (Å²) in [6.07, 6.45) is 0.462. The van der Waals surface area contributed by atoms with Gasteiger partial charge in [-0.05, 0) is 24.7 Å². The number of carbonyl (C=O) groups excluding carboxylic acids is 1. The number of likely N-dealkylation sites (N-methyl/N-ethyl adjacent to an activating group) is 1. The van der Waals surface area contributed by atoms with Gasteiger partial charge in [0.25, 0.3) is 5.91 Å². The van der Waals surface area contributed by atoms with Crippen LogP contribution in [0.15, 0.2) is 53.6 Å². The van der Waals surface area contributed by atoms with E-state index < -0.39 is 6.04 Å². The molecule has 2 aliphatic rings. The number of benzene rings is 2. The molecule has 2 aliphatic heterocycles. The van der Waals surface area contributed by atoms with Crippen LogP contribution >= 0.6 is 0 Å². The number of hydrogen-bond donors (Lipinski definition) is 0. The summed E-state index contributed by atoms with van der Waals surface area (Å²) in [6.45, 7) is 7.08. The second kappa shape index (κ2) is 9.58. The summed E-state index contributed by atoms with van der Waals surface area (Å²) in [5.41, 5.74) is 2.14. The summed E-state index contributed by atoms with van der Waals surface area (Å²) in [6, 6.07) is 13.8. The number of piperazine rings is 1. The SMILES string of the molecule is CCN1CCN(CC(=O)N2N=C(c3cccc(OC)c3)C[C@@H]2c2ccccc2F)CC1. The average Bonchev–Trinajstić information content (AvgIpc) is 3.25. The number of nitrogens with zero attached hydrogens (tertiary/aromatic N) is 4. The third kappa shape index (κ3) is 4.78. The summed E-state index contributed by atoms with van der Waals surface area (Å²) >= 11 is 0. The fraction of sp³-hybridized carbons (Fsp3) is 0.417. The lowest BCUT2D eigenvalue weighted by molar-refractivity contribution is -0.134. The Hall–Kier alpha value is -2.77. The summed E-state index contributed by atoms with van der Waals surface area (Å²) in [4.78, 5) is 17.8. The quantitative estimate of drug-likeness (QED) is 0.715. The molecule has 0 saturated carbocycles. The van der Waals surface area contributed by atoms with Crippen LogP contribution in [0.5, 0.6) is 5.75 Å². The maximum Gasteiger partial charge on any atom is 0.257 e. The van der Waals surface area contributed by atoms with Crippen molar-refractivity contribution >= 4 is 11.6 Å². The molecule has 2 aromatic carbocycles. The van der Waals surface area contributed by atoms with Gasteiger partial charge < -0.3 is 9.64 Å². The van der Waals surface area contributed by atoms with Gasteiger partial charge in [-0.1, -0.05) is 37.3 Å². The Morgan fingerprint density at radius 2 is 1.84 bits per heavy atom. The average molecular weight is 425 g/mol.